The quantitative estimate of drug-likeness (QED) is 0.797. The second-order valence-electron chi connectivity index (χ2n) is 3.96. The van der Waals surface area contributed by atoms with Gasteiger partial charge in [0.15, 0.2) is 0 Å². The highest BCUT2D eigenvalue weighted by Crippen LogP contribution is 2.16. The largest absolute Gasteiger partial charge is 0.379 e. The number of rotatable bonds is 3. The third-order valence-electron chi connectivity index (χ3n) is 2.49. The lowest BCUT2D eigenvalue weighted by atomic mass is 10.3. The van der Waals surface area contributed by atoms with Crippen molar-refractivity contribution in [1.29, 1.82) is 0 Å². The first-order chi connectivity index (χ1) is 6.77. The monoisotopic (exact) mass is 195 g/mol. The molecule has 2 rings (SSSR count). The van der Waals surface area contributed by atoms with Crippen LogP contribution in [-0.4, -0.2) is 28.8 Å². The van der Waals surface area contributed by atoms with Gasteiger partial charge in [0.2, 0.25) is 5.95 Å². The van der Waals surface area contributed by atoms with Gasteiger partial charge in [-0.15, -0.1) is 0 Å². The Morgan fingerprint density at radius 3 is 3.14 bits per heavy atom. The summed E-state index contributed by atoms with van der Waals surface area (Å²) >= 11 is 0. The van der Waals surface area contributed by atoms with Gasteiger partial charge in [-0.1, -0.05) is 0 Å². The van der Waals surface area contributed by atoms with E-state index in [1.54, 1.807) is 0 Å². The number of nitrogens with one attached hydrogen (secondary N) is 1. The molecular formula is C10H17N3O. The minimum atomic E-state index is 0.426. The van der Waals surface area contributed by atoms with Crippen LogP contribution in [0.25, 0.3) is 0 Å². The predicted molar refractivity (Wildman–Crippen MR) is 55.5 cm³/mol. The lowest BCUT2D eigenvalue weighted by molar-refractivity contribution is 0.195. The van der Waals surface area contributed by atoms with Crippen molar-refractivity contribution < 1.29 is 4.74 Å². The summed E-state index contributed by atoms with van der Waals surface area (Å²) in [7, 11) is 0. The summed E-state index contributed by atoms with van der Waals surface area (Å²) in [5.74, 6) is 0.954. The number of hydrogen-bond donors (Lipinski definition) is 1. The third-order valence-corrected chi connectivity index (χ3v) is 2.49. The molecule has 78 valence electrons. The zero-order valence-electron chi connectivity index (χ0n) is 8.73. The van der Waals surface area contributed by atoms with Gasteiger partial charge in [-0.3, -0.25) is 0 Å². The molecule has 1 atom stereocenters. The van der Waals surface area contributed by atoms with E-state index in [0.717, 1.165) is 25.6 Å². The van der Waals surface area contributed by atoms with Gasteiger partial charge in [0, 0.05) is 25.0 Å². The Hall–Kier alpha value is -1.03. The molecular weight excluding hydrogens is 178 g/mol. The van der Waals surface area contributed by atoms with E-state index < -0.39 is 0 Å². The van der Waals surface area contributed by atoms with E-state index in [2.05, 4.69) is 28.7 Å². The molecule has 1 aliphatic rings. The predicted octanol–water partition coefficient (Wildman–Crippen LogP) is 1.66. The molecule has 1 aromatic rings. The van der Waals surface area contributed by atoms with Crippen molar-refractivity contribution in [3.05, 3.63) is 12.4 Å². The second kappa shape index (κ2) is 4.00. The molecule has 1 N–H and O–H groups in total. The molecule has 2 heterocycles. The molecule has 1 aliphatic heterocycles. The maximum Gasteiger partial charge on any atom is 0.203 e. The number of anilines is 1. The van der Waals surface area contributed by atoms with Crippen LogP contribution in [0.2, 0.25) is 0 Å². The van der Waals surface area contributed by atoms with Gasteiger partial charge < -0.3 is 14.6 Å². The summed E-state index contributed by atoms with van der Waals surface area (Å²) in [5, 5.41) is 3.40. The SMILES string of the molecule is CC(C)n1ccnc1NC1CCOC1. The van der Waals surface area contributed by atoms with Gasteiger partial charge in [0.1, 0.15) is 0 Å². The Morgan fingerprint density at radius 2 is 2.50 bits per heavy atom. The number of hydrogen-bond acceptors (Lipinski definition) is 3. The highest BCUT2D eigenvalue weighted by atomic mass is 16.5. The number of imidazole rings is 1. The van der Waals surface area contributed by atoms with Crippen LogP contribution in [0.1, 0.15) is 26.3 Å². The number of aromatic nitrogens is 2. The van der Waals surface area contributed by atoms with Gasteiger partial charge in [-0.25, -0.2) is 4.98 Å². The Kier molecular flexibility index (Phi) is 2.72. The molecule has 1 aromatic heterocycles. The molecule has 0 spiro atoms. The number of ether oxygens (including phenoxy) is 1. The molecule has 0 aromatic carbocycles. The summed E-state index contributed by atoms with van der Waals surface area (Å²) < 4.78 is 7.44. The van der Waals surface area contributed by atoms with E-state index in [9.17, 15) is 0 Å². The summed E-state index contributed by atoms with van der Waals surface area (Å²) in [4.78, 5) is 4.30. The van der Waals surface area contributed by atoms with E-state index in [0.29, 0.717) is 12.1 Å². The fourth-order valence-electron chi connectivity index (χ4n) is 1.67. The standard InChI is InChI=1S/C10H17N3O/c1-8(2)13-5-4-11-10(13)12-9-3-6-14-7-9/h4-5,8-9H,3,6-7H2,1-2H3,(H,11,12). The summed E-state index contributed by atoms with van der Waals surface area (Å²) in [5.41, 5.74) is 0. The van der Waals surface area contributed by atoms with Crippen molar-refractivity contribution in [3.8, 4) is 0 Å². The summed E-state index contributed by atoms with van der Waals surface area (Å²) in [6.45, 7) is 5.96. The van der Waals surface area contributed by atoms with E-state index in [1.165, 1.54) is 0 Å². The van der Waals surface area contributed by atoms with E-state index in [1.807, 2.05) is 12.4 Å². The molecule has 0 aliphatic carbocycles. The lowest BCUT2D eigenvalue weighted by Crippen LogP contribution is -2.22. The minimum Gasteiger partial charge on any atom is -0.379 e. The fourth-order valence-corrected chi connectivity index (χ4v) is 1.67. The third kappa shape index (κ3) is 1.90. The maximum absolute atomic E-state index is 5.31. The molecule has 0 saturated carbocycles. The first kappa shape index (κ1) is 9.52. The van der Waals surface area contributed by atoms with Crippen molar-refractivity contribution in [3.63, 3.8) is 0 Å². The van der Waals surface area contributed by atoms with Crippen LogP contribution in [0.5, 0.6) is 0 Å². The number of nitrogens with zero attached hydrogens (tertiary/aromatic N) is 2. The van der Waals surface area contributed by atoms with Crippen molar-refractivity contribution in [1.82, 2.24) is 9.55 Å². The molecule has 4 heteroatoms. The Labute approximate surface area is 84.3 Å². The van der Waals surface area contributed by atoms with Gasteiger partial charge in [0.25, 0.3) is 0 Å². The van der Waals surface area contributed by atoms with Crippen LogP contribution >= 0.6 is 0 Å². The molecule has 14 heavy (non-hydrogen) atoms. The smallest absolute Gasteiger partial charge is 0.203 e. The van der Waals surface area contributed by atoms with Crippen LogP contribution < -0.4 is 5.32 Å². The molecule has 0 radical (unpaired) electrons. The van der Waals surface area contributed by atoms with Crippen LogP contribution in [0.3, 0.4) is 0 Å². The van der Waals surface area contributed by atoms with Crippen molar-refractivity contribution in [2.24, 2.45) is 0 Å². The zero-order valence-corrected chi connectivity index (χ0v) is 8.73. The van der Waals surface area contributed by atoms with Crippen molar-refractivity contribution >= 4 is 5.95 Å². The molecule has 1 fully saturated rings. The highest BCUT2D eigenvalue weighted by molar-refractivity contribution is 5.28. The summed E-state index contributed by atoms with van der Waals surface area (Å²) in [6.07, 6.45) is 4.91. The van der Waals surface area contributed by atoms with Crippen LogP contribution in [-0.2, 0) is 4.74 Å². The first-order valence-corrected chi connectivity index (χ1v) is 5.14. The average molecular weight is 195 g/mol. The topological polar surface area (TPSA) is 39.1 Å². The molecule has 0 bridgehead atoms. The van der Waals surface area contributed by atoms with Crippen LogP contribution in [0, 0.1) is 0 Å². The minimum absolute atomic E-state index is 0.426. The van der Waals surface area contributed by atoms with Crippen molar-refractivity contribution in [2.45, 2.75) is 32.4 Å². The fraction of sp³-hybridized carbons (Fsp3) is 0.700. The molecule has 0 amide bonds. The van der Waals surface area contributed by atoms with E-state index in [-0.39, 0.29) is 0 Å². The van der Waals surface area contributed by atoms with Gasteiger partial charge in [-0.05, 0) is 20.3 Å². The van der Waals surface area contributed by atoms with E-state index in [4.69, 9.17) is 4.74 Å². The molecule has 4 nitrogen and oxygen atoms in total. The second-order valence-corrected chi connectivity index (χ2v) is 3.96. The first-order valence-electron chi connectivity index (χ1n) is 5.14. The van der Waals surface area contributed by atoms with Crippen LogP contribution in [0.4, 0.5) is 5.95 Å². The van der Waals surface area contributed by atoms with Gasteiger partial charge in [-0.2, -0.15) is 0 Å². The maximum atomic E-state index is 5.31. The summed E-state index contributed by atoms with van der Waals surface area (Å²) in [6, 6.07) is 0.872. The zero-order chi connectivity index (χ0) is 9.97. The van der Waals surface area contributed by atoms with E-state index >= 15 is 0 Å². The molecule has 1 saturated heterocycles. The Morgan fingerprint density at radius 1 is 1.64 bits per heavy atom. The van der Waals surface area contributed by atoms with Crippen molar-refractivity contribution in [2.75, 3.05) is 18.5 Å². The van der Waals surface area contributed by atoms with Crippen LogP contribution in [0.15, 0.2) is 12.4 Å². The van der Waals surface area contributed by atoms with Gasteiger partial charge in [0.05, 0.1) is 12.6 Å². The molecule has 1 unspecified atom stereocenters. The normalized spacial score (nSPS) is 21.8. The average Bonchev–Trinajstić information content (AvgIpc) is 2.75. The Balaban J connectivity index is 2.04. The highest BCUT2D eigenvalue weighted by Gasteiger charge is 2.17. The lowest BCUT2D eigenvalue weighted by Gasteiger charge is -2.15. The van der Waals surface area contributed by atoms with Gasteiger partial charge >= 0.3 is 0 Å². The Bertz CT molecular complexity index is 289.